The SMILES string of the molecule is O=C(O)C(CNC(=O)C1CC1c1ccc(F)cc1)Oc1ccc(F)cc1. The number of rotatable bonds is 7. The van der Waals surface area contributed by atoms with Gasteiger partial charge in [-0.25, -0.2) is 13.6 Å². The number of carbonyl (C=O) groups excluding carboxylic acids is 1. The van der Waals surface area contributed by atoms with Crippen molar-refractivity contribution in [2.75, 3.05) is 6.54 Å². The van der Waals surface area contributed by atoms with E-state index in [1.165, 1.54) is 24.3 Å². The highest BCUT2D eigenvalue weighted by Gasteiger charge is 2.44. The molecule has 2 N–H and O–H groups in total. The minimum atomic E-state index is -1.28. The maximum atomic E-state index is 12.9. The smallest absolute Gasteiger partial charge is 0.346 e. The van der Waals surface area contributed by atoms with Gasteiger partial charge in [-0.2, -0.15) is 0 Å². The molecule has 0 spiro atoms. The second-order valence-corrected chi connectivity index (χ2v) is 6.14. The summed E-state index contributed by atoms with van der Waals surface area (Å²) in [5, 5.41) is 11.8. The lowest BCUT2D eigenvalue weighted by molar-refractivity contribution is -0.145. The summed E-state index contributed by atoms with van der Waals surface area (Å²) in [6.07, 6.45) is -0.652. The molecule has 3 atom stereocenters. The molecule has 2 aromatic carbocycles. The monoisotopic (exact) mass is 361 g/mol. The number of carboxylic acids is 1. The van der Waals surface area contributed by atoms with Gasteiger partial charge in [0, 0.05) is 5.92 Å². The van der Waals surface area contributed by atoms with E-state index in [0.29, 0.717) is 6.42 Å². The van der Waals surface area contributed by atoms with Crippen molar-refractivity contribution in [2.45, 2.75) is 18.4 Å². The third-order valence-corrected chi connectivity index (χ3v) is 4.25. The van der Waals surface area contributed by atoms with E-state index >= 15 is 0 Å². The minimum absolute atomic E-state index is 0.0110. The van der Waals surface area contributed by atoms with Crippen molar-refractivity contribution in [2.24, 2.45) is 5.92 Å². The number of carbonyl (C=O) groups is 2. The Kier molecular flexibility index (Phi) is 5.16. The third kappa shape index (κ3) is 4.36. The van der Waals surface area contributed by atoms with Crippen LogP contribution in [0.25, 0.3) is 0 Å². The highest BCUT2D eigenvalue weighted by atomic mass is 19.1. The summed E-state index contributed by atoms with van der Waals surface area (Å²) in [7, 11) is 0. The summed E-state index contributed by atoms with van der Waals surface area (Å²) >= 11 is 0. The molecule has 0 bridgehead atoms. The fraction of sp³-hybridized carbons (Fsp3) is 0.263. The Labute approximate surface area is 148 Å². The lowest BCUT2D eigenvalue weighted by Crippen LogP contribution is -2.41. The second-order valence-electron chi connectivity index (χ2n) is 6.14. The van der Waals surface area contributed by atoms with Gasteiger partial charge in [-0.3, -0.25) is 4.79 Å². The first-order valence-corrected chi connectivity index (χ1v) is 8.12. The Hall–Kier alpha value is -2.96. The number of benzene rings is 2. The van der Waals surface area contributed by atoms with Crippen molar-refractivity contribution < 1.29 is 28.2 Å². The van der Waals surface area contributed by atoms with Gasteiger partial charge in [0.05, 0.1) is 6.54 Å². The van der Waals surface area contributed by atoms with Crippen LogP contribution in [-0.2, 0) is 9.59 Å². The first-order valence-electron chi connectivity index (χ1n) is 8.12. The zero-order valence-corrected chi connectivity index (χ0v) is 13.7. The fourth-order valence-corrected chi connectivity index (χ4v) is 2.74. The van der Waals surface area contributed by atoms with Crippen LogP contribution in [0.1, 0.15) is 17.9 Å². The van der Waals surface area contributed by atoms with Crippen molar-refractivity contribution in [3.8, 4) is 5.75 Å². The van der Waals surface area contributed by atoms with Gasteiger partial charge >= 0.3 is 5.97 Å². The summed E-state index contributed by atoms with van der Waals surface area (Å²) in [6.45, 7) is -0.210. The predicted molar refractivity (Wildman–Crippen MR) is 88.7 cm³/mol. The topological polar surface area (TPSA) is 75.6 Å². The van der Waals surface area contributed by atoms with Crippen molar-refractivity contribution in [1.29, 1.82) is 0 Å². The molecule has 1 saturated carbocycles. The normalized spacial score (nSPS) is 19.5. The molecule has 0 aliphatic heterocycles. The molecule has 1 aliphatic rings. The van der Waals surface area contributed by atoms with E-state index in [1.807, 2.05) is 0 Å². The molecule has 0 heterocycles. The molecule has 3 unspecified atom stereocenters. The quantitative estimate of drug-likeness (QED) is 0.795. The fourth-order valence-electron chi connectivity index (χ4n) is 2.74. The Morgan fingerprint density at radius 2 is 1.65 bits per heavy atom. The molecule has 1 fully saturated rings. The summed E-state index contributed by atoms with van der Waals surface area (Å²) in [5.74, 6) is -2.36. The molecular formula is C19H17F2NO4. The molecular weight excluding hydrogens is 344 g/mol. The van der Waals surface area contributed by atoms with Crippen LogP contribution in [0.2, 0.25) is 0 Å². The van der Waals surface area contributed by atoms with E-state index in [1.54, 1.807) is 12.1 Å². The van der Waals surface area contributed by atoms with Crippen LogP contribution >= 0.6 is 0 Å². The van der Waals surface area contributed by atoms with Crippen LogP contribution in [-0.4, -0.2) is 29.6 Å². The van der Waals surface area contributed by atoms with E-state index in [0.717, 1.165) is 17.7 Å². The molecule has 2 aromatic rings. The summed E-state index contributed by atoms with van der Waals surface area (Å²) in [6, 6.07) is 10.9. The minimum Gasteiger partial charge on any atom is -0.478 e. The number of hydrogen-bond donors (Lipinski definition) is 2. The van der Waals surface area contributed by atoms with Crippen LogP contribution in [0.5, 0.6) is 5.75 Å². The van der Waals surface area contributed by atoms with Gasteiger partial charge in [0.2, 0.25) is 12.0 Å². The van der Waals surface area contributed by atoms with Crippen molar-refractivity contribution >= 4 is 11.9 Å². The zero-order chi connectivity index (χ0) is 18.7. The Balaban J connectivity index is 1.53. The number of nitrogens with one attached hydrogen (secondary N) is 1. The molecule has 1 amide bonds. The molecule has 1 aliphatic carbocycles. The largest absolute Gasteiger partial charge is 0.478 e. The van der Waals surface area contributed by atoms with Gasteiger partial charge in [0.25, 0.3) is 0 Å². The third-order valence-electron chi connectivity index (χ3n) is 4.25. The van der Waals surface area contributed by atoms with Gasteiger partial charge in [0.1, 0.15) is 17.4 Å². The standard InChI is InChI=1S/C19H17F2NO4/c20-12-3-1-11(2-4-12)15-9-16(15)18(23)22-10-17(19(24)25)26-14-7-5-13(21)6-8-14/h1-8,15-17H,9-10H2,(H,22,23)(H,24,25). The average molecular weight is 361 g/mol. The molecule has 0 radical (unpaired) electrons. The van der Waals surface area contributed by atoms with E-state index in [2.05, 4.69) is 5.32 Å². The van der Waals surface area contributed by atoms with E-state index in [4.69, 9.17) is 4.74 Å². The summed E-state index contributed by atoms with van der Waals surface area (Å²) in [4.78, 5) is 23.5. The number of aliphatic carboxylic acids is 1. The van der Waals surface area contributed by atoms with Gasteiger partial charge in [-0.05, 0) is 54.3 Å². The summed E-state index contributed by atoms with van der Waals surface area (Å²) in [5.41, 5.74) is 0.879. The number of ether oxygens (including phenoxy) is 1. The zero-order valence-electron chi connectivity index (χ0n) is 13.7. The van der Waals surface area contributed by atoms with Crippen LogP contribution in [0.4, 0.5) is 8.78 Å². The van der Waals surface area contributed by atoms with Crippen LogP contribution in [0.3, 0.4) is 0 Å². The number of carboxylic acid groups (broad SMARTS) is 1. The maximum Gasteiger partial charge on any atom is 0.346 e. The maximum absolute atomic E-state index is 12.9. The van der Waals surface area contributed by atoms with Gasteiger partial charge in [-0.1, -0.05) is 12.1 Å². The average Bonchev–Trinajstić information content (AvgIpc) is 3.41. The molecule has 0 saturated heterocycles. The molecule has 136 valence electrons. The lowest BCUT2D eigenvalue weighted by atomic mass is 10.1. The molecule has 0 aromatic heterocycles. The lowest BCUT2D eigenvalue weighted by Gasteiger charge is -2.16. The number of amides is 1. The second kappa shape index (κ2) is 7.51. The predicted octanol–water partition coefficient (Wildman–Crippen LogP) is 2.72. The Morgan fingerprint density at radius 1 is 1.08 bits per heavy atom. The molecule has 3 rings (SSSR count). The Bertz CT molecular complexity index is 792. The highest BCUT2D eigenvalue weighted by Crippen LogP contribution is 2.47. The van der Waals surface area contributed by atoms with Gasteiger partial charge < -0.3 is 15.2 Å². The number of halogens is 2. The highest BCUT2D eigenvalue weighted by molar-refractivity contribution is 5.83. The van der Waals surface area contributed by atoms with Gasteiger partial charge in [0.15, 0.2) is 0 Å². The molecule has 7 heteroatoms. The van der Waals surface area contributed by atoms with Gasteiger partial charge in [-0.15, -0.1) is 0 Å². The van der Waals surface area contributed by atoms with E-state index in [9.17, 15) is 23.5 Å². The number of hydrogen-bond acceptors (Lipinski definition) is 3. The van der Waals surface area contributed by atoms with Crippen molar-refractivity contribution in [3.63, 3.8) is 0 Å². The first-order chi connectivity index (χ1) is 12.4. The Morgan fingerprint density at radius 3 is 2.23 bits per heavy atom. The first kappa shape index (κ1) is 17.8. The summed E-state index contributed by atoms with van der Waals surface area (Å²) < 4.78 is 31.1. The van der Waals surface area contributed by atoms with Crippen LogP contribution in [0, 0.1) is 17.6 Å². The molecule has 5 nitrogen and oxygen atoms in total. The molecule has 26 heavy (non-hydrogen) atoms. The van der Waals surface area contributed by atoms with Crippen molar-refractivity contribution in [3.05, 3.63) is 65.7 Å². The van der Waals surface area contributed by atoms with Crippen LogP contribution < -0.4 is 10.1 Å². The van der Waals surface area contributed by atoms with E-state index < -0.39 is 17.9 Å². The van der Waals surface area contributed by atoms with E-state index in [-0.39, 0.29) is 35.9 Å². The van der Waals surface area contributed by atoms with Crippen molar-refractivity contribution in [1.82, 2.24) is 5.32 Å². The van der Waals surface area contributed by atoms with Crippen LogP contribution in [0.15, 0.2) is 48.5 Å².